The number of carboxylic acids is 1. The third-order valence-corrected chi connectivity index (χ3v) is 11.9. The Hall–Kier alpha value is -1.29. The molecule has 0 aromatic rings. The van der Waals surface area contributed by atoms with Crippen LogP contribution in [0.1, 0.15) is 103 Å². The number of rotatable bonds is 23. The van der Waals surface area contributed by atoms with E-state index in [-0.39, 0.29) is 19.5 Å². The summed E-state index contributed by atoms with van der Waals surface area (Å²) >= 11 is 0. The maximum Gasteiger partial charge on any atom is 0.303 e. The molecule has 0 amide bonds. The second-order valence-corrected chi connectivity index (χ2v) is 16.6. The highest BCUT2D eigenvalue weighted by Crippen LogP contribution is 2.34. The van der Waals surface area contributed by atoms with Crippen LogP contribution in [0.5, 0.6) is 0 Å². The molecule has 4 rings (SSSR count). The lowest BCUT2D eigenvalue weighted by Gasteiger charge is -2.47. The zero-order valence-electron chi connectivity index (χ0n) is 35.1. The summed E-state index contributed by atoms with van der Waals surface area (Å²) in [5, 5.41) is 81.5. The van der Waals surface area contributed by atoms with Crippen molar-refractivity contribution in [2.24, 2.45) is 34.4 Å². The molecule has 4 fully saturated rings. The number of aliphatic hydroxyl groups is 7. The maximum absolute atomic E-state index is 11.1. The maximum atomic E-state index is 11.1. The summed E-state index contributed by atoms with van der Waals surface area (Å²) in [7, 11) is 0. The Morgan fingerprint density at radius 3 is 1.38 bits per heavy atom. The molecule has 1 aliphatic carbocycles. The van der Waals surface area contributed by atoms with E-state index in [4.69, 9.17) is 67.9 Å². The van der Waals surface area contributed by atoms with Gasteiger partial charge in [0.25, 0.3) is 0 Å². The van der Waals surface area contributed by atoms with E-state index in [9.17, 15) is 40.5 Å². The number of aliphatic carboxylic acids is 1. The fraction of sp³-hybridized carbons (Fsp3) is 0.974. The molecule has 354 valence electrons. The summed E-state index contributed by atoms with van der Waals surface area (Å²) in [6, 6.07) is -4.18. The van der Waals surface area contributed by atoms with Crippen LogP contribution < -0.4 is 34.4 Å². The first-order chi connectivity index (χ1) is 28.6. The van der Waals surface area contributed by atoms with Gasteiger partial charge in [0.15, 0.2) is 18.9 Å². The van der Waals surface area contributed by atoms with Crippen molar-refractivity contribution in [1.82, 2.24) is 0 Å². The SMILES string of the molecule is CCCCCCCCCCCCCCCC(=O)O.NC[C@H]1O[C@H](O[C@H]2[C@H](O[C@@H]3O[C@H](CO)[C@@H](O[C@H]4O[C@H](CN)[C@@H](O)[C@H](O)[C@H]4N)[C@H]3O)[C@@H](O)[C@H](N)C[C@@H]2N)[C@H](N)[C@@H](O)[C@@H]1O. The molecule has 0 aromatic heterocycles. The van der Waals surface area contributed by atoms with Crippen LogP contribution in [0.4, 0.5) is 0 Å². The largest absolute Gasteiger partial charge is 0.481 e. The average molecular weight is 871 g/mol. The summed E-state index contributed by atoms with van der Waals surface area (Å²) in [6.07, 6.45) is -2.51. The number of hydrogen-bond donors (Lipinski definition) is 14. The molecule has 3 heterocycles. The van der Waals surface area contributed by atoms with Crippen LogP contribution in [-0.4, -0.2) is 183 Å². The van der Waals surface area contributed by atoms with E-state index in [1.807, 2.05) is 0 Å². The second-order valence-electron chi connectivity index (χ2n) is 16.6. The molecular weight excluding hydrogens is 792 g/mol. The van der Waals surface area contributed by atoms with Crippen molar-refractivity contribution >= 4 is 5.97 Å². The average Bonchev–Trinajstić information content (AvgIpc) is 3.52. The fourth-order valence-electron chi connectivity index (χ4n) is 8.04. The van der Waals surface area contributed by atoms with Crippen LogP contribution in [-0.2, 0) is 33.2 Å². The highest BCUT2D eigenvalue weighted by Gasteiger charge is 2.54. The lowest BCUT2D eigenvalue weighted by Crippen LogP contribution is -2.68. The molecule has 20 N–H and O–H groups in total. The summed E-state index contributed by atoms with van der Waals surface area (Å²) in [5.74, 6) is -0.655. The van der Waals surface area contributed by atoms with E-state index in [2.05, 4.69) is 6.92 Å². The van der Waals surface area contributed by atoms with Gasteiger partial charge in [-0.1, -0.05) is 84.0 Å². The van der Waals surface area contributed by atoms with Crippen molar-refractivity contribution in [3.8, 4) is 0 Å². The van der Waals surface area contributed by atoms with Crippen LogP contribution in [0, 0.1) is 0 Å². The quantitative estimate of drug-likeness (QED) is 0.0446. The molecule has 4 aliphatic rings. The smallest absolute Gasteiger partial charge is 0.303 e. The first kappa shape index (κ1) is 53.1. The van der Waals surface area contributed by atoms with Gasteiger partial charge in [0.2, 0.25) is 0 Å². The third kappa shape index (κ3) is 15.2. The normalized spacial score (nSPS) is 40.9. The van der Waals surface area contributed by atoms with Gasteiger partial charge in [-0.25, -0.2) is 0 Å². The third-order valence-electron chi connectivity index (χ3n) is 11.9. The highest BCUT2D eigenvalue weighted by atomic mass is 16.8. The van der Waals surface area contributed by atoms with Gasteiger partial charge in [-0.05, 0) is 12.8 Å². The van der Waals surface area contributed by atoms with Crippen molar-refractivity contribution in [3.05, 3.63) is 0 Å². The highest BCUT2D eigenvalue weighted by molar-refractivity contribution is 5.66. The van der Waals surface area contributed by atoms with Crippen LogP contribution in [0.2, 0.25) is 0 Å². The molecule has 21 nitrogen and oxygen atoms in total. The molecule has 0 radical (unpaired) electrons. The Morgan fingerprint density at radius 2 is 0.950 bits per heavy atom. The lowest BCUT2D eigenvalue weighted by molar-refractivity contribution is -0.306. The van der Waals surface area contributed by atoms with Gasteiger partial charge in [-0.15, -0.1) is 0 Å². The van der Waals surface area contributed by atoms with E-state index in [0.29, 0.717) is 6.42 Å². The standard InChI is InChI=1S/C23H46N6O13.C16H32O2/c24-2-7-13(32)15(34)10(28)21(37-7)40-18-6(27)1-5(26)12(31)20(18)42-23-17(36)19(9(4-30)39-23)41-22-11(29)16(35)14(33)8(3-25)38-22;1-2-3-4-5-6-7-8-9-10-11-12-13-14-15-16(17)18/h5-23,30-36H,1-4,24-29H2;2-15H2,1H3,(H,17,18)/t5-,6+,7-,8-,9-,10-,11-,12+,13-,14-,15-,16-,17-,18-,19-,20-,21-,22-,23+;/m1./s1. The Balaban J connectivity index is 0.000000450. The topological polar surface area (TPSA) is 390 Å². The number of carbonyl (C=O) groups is 1. The Bertz CT molecular complexity index is 1190. The number of unbranched alkanes of at least 4 members (excludes halogenated alkanes) is 12. The number of ether oxygens (including phenoxy) is 6. The van der Waals surface area contributed by atoms with Crippen LogP contribution in [0.15, 0.2) is 0 Å². The van der Waals surface area contributed by atoms with Crippen LogP contribution in [0.25, 0.3) is 0 Å². The van der Waals surface area contributed by atoms with Crippen molar-refractivity contribution in [2.45, 2.75) is 220 Å². The number of nitrogens with two attached hydrogens (primary N) is 6. The fourth-order valence-corrected chi connectivity index (χ4v) is 8.04. The summed E-state index contributed by atoms with van der Waals surface area (Å²) in [5.41, 5.74) is 35.6. The van der Waals surface area contributed by atoms with E-state index in [1.54, 1.807) is 0 Å². The Morgan fingerprint density at radius 1 is 0.533 bits per heavy atom. The predicted octanol–water partition coefficient (Wildman–Crippen LogP) is -3.34. The van der Waals surface area contributed by atoms with Crippen molar-refractivity contribution < 1.29 is 74.1 Å². The molecule has 19 atom stereocenters. The molecule has 0 unspecified atom stereocenters. The van der Waals surface area contributed by atoms with Crippen molar-refractivity contribution in [2.75, 3.05) is 19.7 Å². The van der Waals surface area contributed by atoms with Crippen LogP contribution >= 0.6 is 0 Å². The zero-order chi connectivity index (χ0) is 44.5. The Labute approximate surface area is 353 Å². The van der Waals surface area contributed by atoms with Crippen molar-refractivity contribution in [3.63, 3.8) is 0 Å². The number of hydrogen-bond acceptors (Lipinski definition) is 20. The monoisotopic (exact) mass is 871 g/mol. The van der Waals surface area contributed by atoms with E-state index in [1.165, 1.54) is 70.6 Å². The van der Waals surface area contributed by atoms with E-state index in [0.717, 1.165) is 12.8 Å². The van der Waals surface area contributed by atoms with Gasteiger partial charge in [0.1, 0.15) is 67.1 Å². The molecule has 0 bridgehead atoms. The first-order valence-electron chi connectivity index (χ1n) is 21.9. The lowest BCUT2D eigenvalue weighted by atomic mass is 9.84. The second kappa shape index (κ2) is 27.1. The molecule has 0 spiro atoms. The molecule has 3 saturated heterocycles. The Kier molecular flexibility index (Phi) is 24.0. The summed E-state index contributed by atoms with van der Waals surface area (Å²) < 4.78 is 34.6. The van der Waals surface area contributed by atoms with Gasteiger partial charge >= 0.3 is 5.97 Å². The number of aliphatic hydroxyl groups excluding tert-OH is 7. The molecule has 60 heavy (non-hydrogen) atoms. The molecule has 1 saturated carbocycles. The summed E-state index contributed by atoms with van der Waals surface area (Å²) in [6.45, 7) is 1.29. The van der Waals surface area contributed by atoms with Gasteiger partial charge in [0, 0.05) is 31.6 Å². The van der Waals surface area contributed by atoms with Gasteiger partial charge in [-0.2, -0.15) is 0 Å². The predicted molar refractivity (Wildman–Crippen MR) is 216 cm³/mol. The van der Waals surface area contributed by atoms with Gasteiger partial charge in [-0.3, -0.25) is 4.79 Å². The van der Waals surface area contributed by atoms with Gasteiger partial charge < -0.3 is 104 Å². The summed E-state index contributed by atoms with van der Waals surface area (Å²) in [4.78, 5) is 10.3. The van der Waals surface area contributed by atoms with E-state index < -0.39 is 129 Å². The molecular formula is C39H78N6O15. The minimum Gasteiger partial charge on any atom is -0.481 e. The minimum absolute atomic E-state index is 0.0889. The zero-order valence-corrected chi connectivity index (χ0v) is 35.1. The molecule has 0 aromatic carbocycles. The number of carboxylic acid groups (broad SMARTS) is 1. The first-order valence-corrected chi connectivity index (χ1v) is 21.9. The van der Waals surface area contributed by atoms with Crippen LogP contribution in [0.3, 0.4) is 0 Å². The van der Waals surface area contributed by atoms with E-state index >= 15 is 0 Å². The van der Waals surface area contributed by atoms with Crippen molar-refractivity contribution in [1.29, 1.82) is 0 Å². The van der Waals surface area contributed by atoms with Gasteiger partial charge in [0.05, 0.1) is 24.8 Å². The molecule has 21 heteroatoms. The minimum atomic E-state index is -1.60. The molecule has 3 aliphatic heterocycles.